The van der Waals surface area contributed by atoms with Crippen LogP contribution in [0, 0.1) is 11.8 Å². The zero-order chi connectivity index (χ0) is 23.6. The van der Waals surface area contributed by atoms with Gasteiger partial charge in [-0.15, -0.1) is 0 Å². The van der Waals surface area contributed by atoms with Crippen molar-refractivity contribution in [2.45, 2.75) is 58.5 Å². The third-order valence-electron chi connectivity index (χ3n) is 6.19. The van der Waals surface area contributed by atoms with Crippen molar-refractivity contribution in [3.8, 4) is 5.75 Å². The third-order valence-corrected chi connectivity index (χ3v) is 6.19. The van der Waals surface area contributed by atoms with Gasteiger partial charge in [0.15, 0.2) is 0 Å². The average Bonchev–Trinajstić information content (AvgIpc) is 2.83. The van der Waals surface area contributed by atoms with Crippen molar-refractivity contribution < 1.29 is 19.1 Å². The summed E-state index contributed by atoms with van der Waals surface area (Å²) in [7, 11) is 0. The summed E-state index contributed by atoms with van der Waals surface area (Å²) in [5, 5.41) is 0. The summed E-state index contributed by atoms with van der Waals surface area (Å²) in [4.78, 5) is 24.5. The minimum atomic E-state index is -0.484. The summed E-state index contributed by atoms with van der Waals surface area (Å²) < 4.78 is 10.8. The van der Waals surface area contributed by atoms with E-state index in [1.165, 1.54) is 25.3 Å². The number of nitrogen functional groups attached to an aromatic ring is 2. The maximum Gasteiger partial charge on any atom is 0.331 e. The largest absolute Gasteiger partial charge is 0.458 e. The Bertz CT molecular complexity index is 961. The molecule has 0 bridgehead atoms. The van der Waals surface area contributed by atoms with Crippen molar-refractivity contribution in [3.05, 3.63) is 59.7 Å². The molecule has 4 N–H and O–H groups in total. The Kier molecular flexibility index (Phi) is 8.93. The Morgan fingerprint density at radius 1 is 1.03 bits per heavy atom. The smallest absolute Gasteiger partial charge is 0.331 e. The normalized spacial score (nSPS) is 18.2. The van der Waals surface area contributed by atoms with Crippen LogP contribution in [0.3, 0.4) is 0 Å². The van der Waals surface area contributed by atoms with E-state index >= 15 is 0 Å². The van der Waals surface area contributed by atoms with Gasteiger partial charge in [-0.25, -0.2) is 4.79 Å². The van der Waals surface area contributed by atoms with E-state index in [1.807, 2.05) is 0 Å². The number of benzene rings is 2. The maximum absolute atomic E-state index is 12.5. The molecule has 1 saturated carbocycles. The first-order valence-corrected chi connectivity index (χ1v) is 11.7. The van der Waals surface area contributed by atoms with Crippen LogP contribution in [0.25, 0.3) is 6.08 Å². The number of carbonyl (C=O) groups is 2. The maximum atomic E-state index is 12.5. The van der Waals surface area contributed by atoms with E-state index in [0.29, 0.717) is 22.7 Å². The molecule has 2 aromatic carbocycles. The van der Waals surface area contributed by atoms with Crippen LogP contribution in [-0.4, -0.2) is 11.9 Å². The minimum Gasteiger partial charge on any atom is -0.458 e. The third kappa shape index (κ3) is 7.67. The molecule has 0 aromatic heterocycles. The molecule has 33 heavy (non-hydrogen) atoms. The highest BCUT2D eigenvalue weighted by molar-refractivity contribution is 5.87. The van der Waals surface area contributed by atoms with E-state index in [-0.39, 0.29) is 18.5 Å². The highest BCUT2D eigenvalue weighted by Crippen LogP contribution is 2.32. The molecule has 0 saturated heterocycles. The highest BCUT2D eigenvalue weighted by atomic mass is 16.5. The van der Waals surface area contributed by atoms with Gasteiger partial charge in [0.25, 0.3) is 0 Å². The van der Waals surface area contributed by atoms with Crippen molar-refractivity contribution >= 4 is 29.4 Å². The lowest BCUT2D eigenvalue weighted by molar-refractivity contribution is -0.140. The van der Waals surface area contributed by atoms with Gasteiger partial charge < -0.3 is 20.9 Å². The molecule has 1 aliphatic carbocycles. The number of rotatable bonds is 9. The fourth-order valence-electron chi connectivity index (χ4n) is 4.14. The molecule has 2 aromatic rings. The summed E-state index contributed by atoms with van der Waals surface area (Å²) in [6.07, 6.45) is 10.8. The topological polar surface area (TPSA) is 105 Å². The van der Waals surface area contributed by atoms with Crippen LogP contribution in [0.15, 0.2) is 48.5 Å². The van der Waals surface area contributed by atoms with Gasteiger partial charge in [0.1, 0.15) is 12.4 Å². The van der Waals surface area contributed by atoms with Gasteiger partial charge in [-0.05, 0) is 73.6 Å². The Labute approximate surface area is 195 Å². The average molecular weight is 451 g/mol. The number of nitrogens with two attached hydrogens (primary N) is 2. The second-order valence-corrected chi connectivity index (χ2v) is 8.75. The van der Waals surface area contributed by atoms with Crippen LogP contribution < -0.4 is 16.2 Å². The molecule has 0 unspecified atom stereocenters. The molecule has 0 atom stereocenters. The first-order chi connectivity index (χ1) is 15.9. The molecule has 0 heterocycles. The Morgan fingerprint density at radius 3 is 2.45 bits per heavy atom. The number of ether oxygens (including phenoxy) is 2. The number of esters is 2. The van der Waals surface area contributed by atoms with Gasteiger partial charge >= 0.3 is 11.9 Å². The van der Waals surface area contributed by atoms with E-state index < -0.39 is 5.97 Å². The van der Waals surface area contributed by atoms with E-state index in [2.05, 4.69) is 6.92 Å². The van der Waals surface area contributed by atoms with Gasteiger partial charge in [-0.3, -0.25) is 4.79 Å². The monoisotopic (exact) mass is 450 g/mol. The molecule has 3 rings (SSSR count). The molecule has 0 aliphatic heterocycles. The quantitative estimate of drug-likeness (QED) is 0.226. The highest BCUT2D eigenvalue weighted by Gasteiger charge is 2.27. The number of hydrogen-bond acceptors (Lipinski definition) is 6. The minimum absolute atomic E-state index is 0.00813. The van der Waals surface area contributed by atoms with Gasteiger partial charge in [0.2, 0.25) is 0 Å². The first-order valence-electron chi connectivity index (χ1n) is 11.7. The van der Waals surface area contributed by atoms with Crippen molar-refractivity contribution in [2.24, 2.45) is 11.8 Å². The van der Waals surface area contributed by atoms with E-state index in [1.54, 1.807) is 48.5 Å². The standard InChI is InChI=1S/C27H34N2O4/c1-2-3-4-19-5-10-21(11-6-19)27(31)33-24-13-7-20(8-14-24)9-16-26(30)32-18-22-17-23(28)12-15-25(22)29/h7-9,12-17,19,21H,2-6,10-11,18,28-29H2,1H3. The Morgan fingerprint density at radius 2 is 1.76 bits per heavy atom. The zero-order valence-corrected chi connectivity index (χ0v) is 19.3. The summed E-state index contributed by atoms with van der Waals surface area (Å²) >= 11 is 0. The van der Waals surface area contributed by atoms with Crippen LogP contribution in [0.2, 0.25) is 0 Å². The molecule has 176 valence electrons. The number of hydrogen-bond donors (Lipinski definition) is 2. The molecular formula is C27H34N2O4. The van der Waals surface area contributed by atoms with Crippen LogP contribution >= 0.6 is 0 Å². The van der Waals surface area contributed by atoms with E-state index in [0.717, 1.165) is 37.2 Å². The van der Waals surface area contributed by atoms with Crippen molar-refractivity contribution in [3.63, 3.8) is 0 Å². The van der Waals surface area contributed by atoms with Crippen LogP contribution in [0.4, 0.5) is 11.4 Å². The van der Waals surface area contributed by atoms with Gasteiger partial charge in [-0.1, -0.05) is 38.3 Å². The first kappa shape index (κ1) is 24.4. The van der Waals surface area contributed by atoms with Gasteiger partial charge in [0.05, 0.1) is 5.92 Å². The van der Waals surface area contributed by atoms with E-state index in [9.17, 15) is 9.59 Å². The van der Waals surface area contributed by atoms with Crippen molar-refractivity contribution in [1.29, 1.82) is 0 Å². The lowest BCUT2D eigenvalue weighted by Gasteiger charge is -2.27. The SMILES string of the molecule is CCCCC1CCC(C(=O)Oc2ccc(C=CC(=O)OCc3cc(N)ccc3N)cc2)CC1. The fraction of sp³-hybridized carbons (Fsp3) is 0.407. The molecule has 0 amide bonds. The summed E-state index contributed by atoms with van der Waals surface area (Å²) in [5.41, 5.74) is 14.1. The molecular weight excluding hydrogens is 416 g/mol. The predicted octanol–water partition coefficient (Wildman–Crippen LogP) is 5.51. The number of anilines is 2. The summed E-state index contributed by atoms with van der Waals surface area (Å²) in [6, 6.07) is 12.1. The molecule has 6 heteroatoms. The van der Waals surface area contributed by atoms with Crippen LogP contribution in [0.1, 0.15) is 63.0 Å². The Balaban J connectivity index is 1.44. The number of unbranched alkanes of at least 4 members (excludes halogenated alkanes) is 1. The summed E-state index contributed by atoms with van der Waals surface area (Å²) in [5.74, 6) is 0.643. The van der Waals surface area contributed by atoms with Crippen molar-refractivity contribution in [1.82, 2.24) is 0 Å². The number of carbonyl (C=O) groups excluding carboxylic acids is 2. The van der Waals surface area contributed by atoms with Crippen LogP contribution in [-0.2, 0) is 20.9 Å². The van der Waals surface area contributed by atoms with Gasteiger partial charge in [0, 0.05) is 23.0 Å². The lowest BCUT2D eigenvalue weighted by Crippen LogP contribution is -2.25. The van der Waals surface area contributed by atoms with Crippen molar-refractivity contribution in [2.75, 3.05) is 11.5 Å². The molecule has 0 radical (unpaired) electrons. The second-order valence-electron chi connectivity index (χ2n) is 8.75. The predicted molar refractivity (Wildman–Crippen MR) is 131 cm³/mol. The fourth-order valence-corrected chi connectivity index (χ4v) is 4.14. The van der Waals surface area contributed by atoms with Gasteiger partial charge in [-0.2, -0.15) is 0 Å². The summed E-state index contributed by atoms with van der Waals surface area (Å²) in [6.45, 7) is 2.27. The molecule has 6 nitrogen and oxygen atoms in total. The molecule has 1 aliphatic rings. The molecule has 1 fully saturated rings. The Hall–Kier alpha value is -3.28. The van der Waals surface area contributed by atoms with Crippen LogP contribution in [0.5, 0.6) is 5.75 Å². The zero-order valence-electron chi connectivity index (χ0n) is 19.3. The second kappa shape index (κ2) is 12.1. The molecule has 0 spiro atoms. The lowest BCUT2D eigenvalue weighted by atomic mass is 9.80. The van der Waals surface area contributed by atoms with E-state index in [4.69, 9.17) is 20.9 Å².